The Balaban J connectivity index is 1.11. The number of methoxy groups -OCH3 is 2. The number of ether oxygens (including phenoxy) is 6. The first-order valence-electron chi connectivity index (χ1n) is 24.3. The van der Waals surface area contributed by atoms with Gasteiger partial charge in [0, 0.05) is 76.2 Å². The summed E-state index contributed by atoms with van der Waals surface area (Å²) in [5.41, 5.74) is 16.7. The number of hydrogen-bond acceptors (Lipinski definition) is 12. The summed E-state index contributed by atoms with van der Waals surface area (Å²) in [6.45, 7) is 5.02. The lowest BCUT2D eigenvalue weighted by molar-refractivity contribution is -0.123. The monoisotopic (exact) mass is 1000 g/mol. The van der Waals surface area contributed by atoms with Gasteiger partial charge in [0.25, 0.3) is 0 Å². The van der Waals surface area contributed by atoms with E-state index in [-0.39, 0.29) is 31.3 Å². The number of azide groups is 1. The van der Waals surface area contributed by atoms with Crippen molar-refractivity contribution in [1.29, 1.82) is 0 Å². The van der Waals surface area contributed by atoms with Crippen LogP contribution < -0.4 is 20.4 Å². The fourth-order valence-electron chi connectivity index (χ4n) is 8.51. The van der Waals surface area contributed by atoms with Crippen molar-refractivity contribution in [3.8, 4) is 39.1 Å². The molecule has 0 fully saturated rings. The fraction of sp³-hybridized carbons (Fsp3) is 0.509. The predicted molar refractivity (Wildman–Crippen MR) is 284 cm³/mol. The number of nitrogens with zero attached hydrogens (tertiary/aromatic N) is 3. The normalized spacial score (nSPS) is 12.3. The molecule has 69 heavy (non-hydrogen) atoms. The van der Waals surface area contributed by atoms with Crippen LogP contribution in [0.1, 0.15) is 50.5 Å². The molecule has 0 atom stereocenters. The molecule has 0 aromatic heterocycles. The number of Topliss-reactive ketones (excluding diaryl/α,β-unsaturated/α-hetero) is 1. The van der Waals surface area contributed by atoms with Crippen LogP contribution in [0.3, 0.4) is 0 Å². The summed E-state index contributed by atoms with van der Waals surface area (Å²) in [5, 5.41) is 19.1. The number of rotatable bonds is 38. The summed E-state index contributed by atoms with van der Waals surface area (Å²) in [5.74, 6) is 5.00. The third-order valence-electron chi connectivity index (χ3n) is 12.1. The number of benzene rings is 4. The molecule has 5 rings (SSSR count). The molecule has 374 valence electrons. The Labute approximate surface area is 418 Å². The first kappa shape index (κ1) is 55.7. The van der Waals surface area contributed by atoms with E-state index in [1.54, 1.807) is 24.6 Å². The lowest BCUT2D eigenvalue weighted by Crippen LogP contribution is -2.55. The number of amides is 1. The Kier molecular flexibility index (Phi) is 26.4. The highest BCUT2D eigenvalue weighted by Gasteiger charge is 2.45. The molecule has 1 aliphatic heterocycles. The van der Waals surface area contributed by atoms with Gasteiger partial charge in [0.1, 0.15) is 26.2 Å². The van der Waals surface area contributed by atoms with Crippen molar-refractivity contribution in [1.82, 2.24) is 5.32 Å². The van der Waals surface area contributed by atoms with E-state index in [4.69, 9.17) is 34.0 Å². The van der Waals surface area contributed by atoms with Crippen LogP contribution in [-0.2, 0) is 39.9 Å². The Morgan fingerprint density at radius 2 is 1.19 bits per heavy atom. The van der Waals surface area contributed by atoms with Crippen molar-refractivity contribution in [2.24, 2.45) is 5.11 Å². The van der Waals surface area contributed by atoms with Gasteiger partial charge in [0.2, 0.25) is 5.91 Å². The van der Waals surface area contributed by atoms with Crippen molar-refractivity contribution < 1.29 is 43.1 Å². The van der Waals surface area contributed by atoms with Crippen molar-refractivity contribution in [2.75, 3.05) is 110 Å². The molecule has 0 spiro atoms. The van der Waals surface area contributed by atoms with Gasteiger partial charge in [-0.15, -0.1) is 0 Å². The molecule has 0 unspecified atom stereocenters. The van der Waals surface area contributed by atoms with Crippen molar-refractivity contribution in [3.05, 3.63) is 101 Å². The van der Waals surface area contributed by atoms with E-state index < -0.39 is 8.07 Å². The van der Waals surface area contributed by atoms with Crippen LogP contribution >= 0.6 is 23.5 Å². The van der Waals surface area contributed by atoms with Crippen LogP contribution in [0.4, 0.5) is 0 Å². The zero-order valence-electron chi connectivity index (χ0n) is 40.6. The lowest BCUT2D eigenvalue weighted by Gasteiger charge is -2.31. The molecule has 4 aromatic carbocycles. The number of aliphatic hydroxyl groups excluding tert-OH is 1. The van der Waals surface area contributed by atoms with E-state index in [2.05, 4.69) is 76.0 Å². The first-order valence-corrected chi connectivity index (χ1v) is 29.0. The fourth-order valence-corrected chi connectivity index (χ4v) is 16.2. The van der Waals surface area contributed by atoms with E-state index in [0.717, 1.165) is 65.9 Å². The maximum absolute atomic E-state index is 12.3. The molecule has 0 saturated heterocycles. The largest absolute Gasteiger partial charge is 0.491 e. The van der Waals surface area contributed by atoms with E-state index in [0.29, 0.717) is 78.4 Å². The summed E-state index contributed by atoms with van der Waals surface area (Å²) in [6, 6.07) is 33.3. The summed E-state index contributed by atoms with van der Waals surface area (Å²) in [6.07, 6.45) is 4.62. The van der Waals surface area contributed by atoms with Gasteiger partial charge in [-0.1, -0.05) is 77.9 Å². The average molecular weight is 1000 g/mol. The Bertz CT molecular complexity index is 2160. The third kappa shape index (κ3) is 18.8. The maximum Gasteiger partial charge on any atom is 0.222 e. The minimum Gasteiger partial charge on any atom is -0.491 e. The first-order chi connectivity index (χ1) is 33.9. The van der Waals surface area contributed by atoms with E-state index >= 15 is 0 Å². The van der Waals surface area contributed by atoms with Crippen LogP contribution in [0.25, 0.3) is 43.8 Å². The zero-order chi connectivity index (χ0) is 48.8. The molecular weight excluding hydrogens is 929 g/mol. The van der Waals surface area contributed by atoms with Crippen LogP contribution in [0.2, 0.25) is 12.1 Å². The predicted octanol–water partition coefficient (Wildman–Crippen LogP) is 8.97. The van der Waals surface area contributed by atoms with Gasteiger partial charge in [-0.25, -0.2) is 0 Å². The third-order valence-corrected chi connectivity index (χ3v) is 19.5. The highest BCUT2D eigenvalue weighted by atomic mass is 32.2. The van der Waals surface area contributed by atoms with Gasteiger partial charge in [-0.2, -0.15) is 23.5 Å². The molecule has 16 heteroatoms. The smallest absolute Gasteiger partial charge is 0.222 e. The van der Waals surface area contributed by atoms with Gasteiger partial charge in [0.15, 0.2) is 0 Å². The van der Waals surface area contributed by atoms with Crippen LogP contribution in [0.15, 0.2) is 90.0 Å². The van der Waals surface area contributed by atoms with Gasteiger partial charge < -0.3 is 38.8 Å². The van der Waals surface area contributed by atoms with Gasteiger partial charge >= 0.3 is 0 Å². The molecule has 1 heterocycles. The topological polar surface area (TPSA) is 171 Å². The zero-order valence-corrected chi connectivity index (χ0v) is 43.3. The second-order valence-corrected chi connectivity index (χ2v) is 23.6. The molecule has 4 aromatic rings. The maximum atomic E-state index is 12.3. The summed E-state index contributed by atoms with van der Waals surface area (Å²) in [4.78, 5) is 27.0. The quantitative estimate of drug-likeness (QED) is 0.0144. The van der Waals surface area contributed by atoms with Gasteiger partial charge in [-0.3, -0.25) is 9.59 Å². The standard InChI is InChI=1S/C53H72N4O9S2Si/c1-61-31-35-67-33-5-37-69(38-6-34-68-36-32-62-2)51-39-45(43-10-8-42(41-58)9-11-43)14-18-49(51)50-19-15-46(40-52(50)69)44-12-16-48(17-13-44)66-30-29-65-27-21-53(60)55-23-28-64-26-20-47(59)7-3-24-63-25-4-22-56-57-54/h8-19,39-40,58H,3-7,20-38,41H2,1-2H3,(H,55,60). The molecule has 0 aliphatic carbocycles. The Morgan fingerprint density at radius 3 is 1.80 bits per heavy atom. The summed E-state index contributed by atoms with van der Waals surface area (Å²) in [7, 11) is 1.30. The van der Waals surface area contributed by atoms with Crippen LogP contribution in [0, 0.1) is 0 Å². The minimum absolute atomic E-state index is 0.0363. The molecule has 2 N–H and O–H groups in total. The summed E-state index contributed by atoms with van der Waals surface area (Å²) >= 11 is 3.97. The number of ketones is 1. The van der Waals surface area contributed by atoms with Crippen molar-refractivity contribution >= 4 is 53.7 Å². The molecular formula is C53H72N4O9S2Si. The number of nitrogens with one attached hydrogen (secondary N) is 1. The molecule has 0 bridgehead atoms. The van der Waals surface area contributed by atoms with Gasteiger partial charge in [0.05, 0.1) is 46.2 Å². The molecule has 0 radical (unpaired) electrons. The Hall–Kier alpha value is -4.19. The second-order valence-electron chi connectivity index (χ2n) is 16.9. The highest BCUT2D eigenvalue weighted by Crippen LogP contribution is 2.38. The average Bonchev–Trinajstić information content (AvgIpc) is 3.64. The minimum atomic E-state index is -2.25. The summed E-state index contributed by atoms with van der Waals surface area (Å²) < 4.78 is 33.4. The van der Waals surface area contributed by atoms with Crippen LogP contribution in [0.5, 0.6) is 5.75 Å². The van der Waals surface area contributed by atoms with E-state index in [1.165, 1.54) is 39.9 Å². The lowest BCUT2D eigenvalue weighted by atomic mass is 9.98. The highest BCUT2D eigenvalue weighted by molar-refractivity contribution is 7.99. The number of thioether (sulfide) groups is 2. The number of aliphatic hydroxyl groups is 1. The molecule has 1 aliphatic rings. The number of carbonyl (C=O) groups excluding carboxylic acids is 2. The molecule has 0 saturated carbocycles. The van der Waals surface area contributed by atoms with E-state index in [9.17, 15) is 14.7 Å². The SMILES string of the molecule is COCCSCCC[Si]1(CCCSCCOC)c2cc(-c3ccc(CO)cc3)ccc2-c2ccc(-c3ccc(OCCOCCC(=O)NCCOCCC(=O)CCCOCCCN=[N+]=[N-])cc3)cc21. The van der Waals surface area contributed by atoms with E-state index in [1.807, 2.05) is 47.8 Å². The Morgan fingerprint density at radius 1 is 0.623 bits per heavy atom. The number of fused-ring (bicyclic) bond motifs is 3. The van der Waals surface area contributed by atoms with Crippen molar-refractivity contribution in [2.45, 2.75) is 63.6 Å². The number of hydrogen-bond donors (Lipinski definition) is 2. The van der Waals surface area contributed by atoms with Gasteiger partial charge in [-0.05, 0) is 116 Å². The van der Waals surface area contributed by atoms with Crippen LogP contribution in [-0.4, -0.2) is 135 Å². The van der Waals surface area contributed by atoms with Crippen molar-refractivity contribution in [3.63, 3.8) is 0 Å². The molecule has 1 amide bonds. The number of carbonyl (C=O) groups is 2. The second kappa shape index (κ2) is 32.6. The molecule has 13 nitrogen and oxygen atoms in total.